The molecule has 0 saturated carbocycles. The van der Waals surface area contributed by atoms with E-state index in [0.29, 0.717) is 6.42 Å². The number of benzene rings is 1. The summed E-state index contributed by atoms with van der Waals surface area (Å²) in [5.74, 6) is 0.814. The van der Waals surface area contributed by atoms with Gasteiger partial charge >= 0.3 is 0 Å². The van der Waals surface area contributed by atoms with Gasteiger partial charge in [-0.1, -0.05) is 28.1 Å². The van der Waals surface area contributed by atoms with Crippen LogP contribution in [0.25, 0.3) is 0 Å². The van der Waals surface area contributed by atoms with Crippen molar-refractivity contribution in [2.75, 3.05) is 24.3 Å². The molecule has 0 aliphatic heterocycles. The Balaban J connectivity index is 2.05. The quantitative estimate of drug-likeness (QED) is 0.935. The van der Waals surface area contributed by atoms with E-state index < -0.39 is 0 Å². The lowest BCUT2D eigenvalue weighted by Gasteiger charge is -2.17. The molecule has 0 fully saturated rings. The zero-order chi connectivity index (χ0) is 14.5. The minimum Gasteiger partial charge on any atom is -0.373 e. The number of nitrogens with one attached hydrogen (secondary N) is 1. The highest BCUT2D eigenvalue weighted by Crippen LogP contribution is 2.16. The van der Waals surface area contributed by atoms with Crippen molar-refractivity contribution in [3.05, 3.63) is 52.6 Å². The van der Waals surface area contributed by atoms with Crippen LogP contribution in [0.1, 0.15) is 5.56 Å². The summed E-state index contributed by atoms with van der Waals surface area (Å²) in [7, 11) is 3.57. The van der Waals surface area contributed by atoms with Crippen molar-refractivity contribution in [1.82, 2.24) is 4.98 Å². The Kier molecular flexibility index (Phi) is 4.74. The van der Waals surface area contributed by atoms with E-state index in [-0.39, 0.29) is 5.91 Å². The number of carbonyl (C=O) groups excluding carboxylic acids is 1. The number of halogens is 1. The third-order valence-electron chi connectivity index (χ3n) is 3.03. The molecule has 5 heteroatoms. The molecule has 0 spiro atoms. The number of hydrogen-bond donors (Lipinski definition) is 1. The maximum absolute atomic E-state index is 12.2. The van der Waals surface area contributed by atoms with Crippen LogP contribution in [0.5, 0.6) is 0 Å². The first-order valence-electron chi connectivity index (χ1n) is 6.25. The van der Waals surface area contributed by atoms with Crippen LogP contribution < -0.4 is 10.2 Å². The van der Waals surface area contributed by atoms with Crippen LogP contribution >= 0.6 is 15.9 Å². The molecule has 2 aromatic rings. The first-order valence-corrected chi connectivity index (χ1v) is 7.04. The molecule has 0 aliphatic rings. The van der Waals surface area contributed by atoms with Gasteiger partial charge in [0.25, 0.3) is 0 Å². The minimum absolute atomic E-state index is 0.0336. The minimum atomic E-state index is 0.0336. The van der Waals surface area contributed by atoms with Crippen LogP contribution in [-0.2, 0) is 11.2 Å². The predicted molar refractivity (Wildman–Crippen MR) is 85.0 cm³/mol. The molecule has 0 aliphatic carbocycles. The zero-order valence-corrected chi connectivity index (χ0v) is 13.0. The van der Waals surface area contributed by atoms with Crippen LogP contribution in [0.4, 0.5) is 11.5 Å². The second kappa shape index (κ2) is 6.52. The number of amides is 1. The molecule has 1 N–H and O–H groups in total. The van der Waals surface area contributed by atoms with E-state index in [0.717, 1.165) is 21.5 Å². The molecule has 0 radical (unpaired) electrons. The molecule has 1 amide bonds. The molecule has 2 rings (SSSR count). The average Bonchev–Trinajstić information content (AvgIpc) is 2.49. The van der Waals surface area contributed by atoms with Gasteiger partial charge in [-0.15, -0.1) is 0 Å². The summed E-state index contributed by atoms with van der Waals surface area (Å²) in [4.78, 5) is 18.1. The summed E-state index contributed by atoms with van der Waals surface area (Å²) < 4.78 is 1.01. The molecule has 1 aromatic heterocycles. The molecule has 0 unspecified atom stereocenters. The van der Waals surface area contributed by atoms with Gasteiger partial charge in [-0.3, -0.25) is 4.79 Å². The molecule has 4 nitrogen and oxygen atoms in total. The number of pyridine rings is 1. The maximum Gasteiger partial charge on any atom is 0.231 e. The van der Waals surface area contributed by atoms with Crippen molar-refractivity contribution in [3.8, 4) is 0 Å². The first-order chi connectivity index (χ1) is 9.60. The zero-order valence-electron chi connectivity index (χ0n) is 11.4. The Morgan fingerprint density at radius 2 is 1.95 bits per heavy atom. The third-order valence-corrected chi connectivity index (χ3v) is 3.56. The molecule has 0 saturated heterocycles. The van der Waals surface area contributed by atoms with Gasteiger partial charge in [-0.25, -0.2) is 4.98 Å². The van der Waals surface area contributed by atoms with Crippen molar-refractivity contribution >= 4 is 33.3 Å². The lowest BCUT2D eigenvalue weighted by atomic mass is 10.1. The largest absolute Gasteiger partial charge is 0.373 e. The van der Waals surface area contributed by atoms with Gasteiger partial charge in [0.05, 0.1) is 18.3 Å². The SMILES string of the molecule is CNc1ccc(N(C)C(=O)Cc2ccc(Br)cc2)cn1. The second-order valence-electron chi connectivity index (χ2n) is 4.41. The van der Waals surface area contributed by atoms with Gasteiger partial charge in [0.2, 0.25) is 5.91 Å². The Bertz CT molecular complexity index is 581. The number of anilines is 2. The summed E-state index contributed by atoms with van der Waals surface area (Å²) in [6.45, 7) is 0. The lowest BCUT2D eigenvalue weighted by molar-refractivity contribution is -0.117. The van der Waals surface area contributed by atoms with E-state index >= 15 is 0 Å². The summed E-state index contributed by atoms with van der Waals surface area (Å²) in [5.41, 5.74) is 1.77. The third kappa shape index (κ3) is 3.57. The Hall–Kier alpha value is -1.88. The monoisotopic (exact) mass is 333 g/mol. The molecule has 1 aromatic carbocycles. The second-order valence-corrected chi connectivity index (χ2v) is 5.32. The maximum atomic E-state index is 12.2. The van der Waals surface area contributed by atoms with Crippen LogP contribution in [0.15, 0.2) is 47.1 Å². The van der Waals surface area contributed by atoms with Gasteiger partial charge in [-0.2, -0.15) is 0 Å². The average molecular weight is 334 g/mol. The van der Waals surface area contributed by atoms with Gasteiger partial charge < -0.3 is 10.2 Å². The molecule has 104 valence electrons. The smallest absolute Gasteiger partial charge is 0.231 e. The summed E-state index contributed by atoms with van der Waals surface area (Å²) >= 11 is 3.38. The number of likely N-dealkylation sites (N-methyl/N-ethyl adjacent to an activating group) is 1. The van der Waals surface area contributed by atoms with Crippen LogP contribution in [0.2, 0.25) is 0 Å². The van der Waals surface area contributed by atoms with Crippen molar-refractivity contribution in [3.63, 3.8) is 0 Å². The van der Waals surface area contributed by atoms with Crippen LogP contribution in [-0.4, -0.2) is 25.0 Å². The molecule has 0 atom stereocenters. The first kappa shape index (κ1) is 14.5. The highest BCUT2D eigenvalue weighted by Gasteiger charge is 2.12. The standard InChI is InChI=1S/C15H16BrN3O/c1-17-14-8-7-13(10-18-14)19(2)15(20)9-11-3-5-12(16)6-4-11/h3-8,10H,9H2,1-2H3,(H,17,18). The van der Waals surface area contributed by atoms with E-state index in [4.69, 9.17) is 0 Å². The van der Waals surface area contributed by atoms with Crippen LogP contribution in [0.3, 0.4) is 0 Å². The van der Waals surface area contributed by atoms with E-state index in [1.54, 1.807) is 18.1 Å². The van der Waals surface area contributed by atoms with Crippen molar-refractivity contribution in [2.45, 2.75) is 6.42 Å². The van der Waals surface area contributed by atoms with Gasteiger partial charge in [0.1, 0.15) is 5.82 Å². The van der Waals surface area contributed by atoms with Crippen molar-refractivity contribution in [2.24, 2.45) is 0 Å². The van der Waals surface area contributed by atoms with E-state index in [1.165, 1.54) is 0 Å². The van der Waals surface area contributed by atoms with Crippen molar-refractivity contribution < 1.29 is 4.79 Å². The van der Waals surface area contributed by atoms with Crippen LogP contribution in [0, 0.1) is 0 Å². The molecular weight excluding hydrogens is 318 g/mol. The highest BCUT2D eigenvalue weighted by atomic mass is 79.9. The number of rotatable bonds is 4. The van der Waals surface area contributed by atoms with E-state index in [9.17, 15) is 4.79 Å². The Morgan fingerprint density at radius 3 is 2.50 bits per heavy atom. The number of carbonyl (C=O) groups is 1. The van der Waals surface area contributed by atoms with E-state index in [1.807, 2.05) is 43.4 Å². The van der Waals surface area contributed by atoms with Gasteiger partial charge in [-0.05, 0) is 29.8 Å². The number of aromatic nitrogens is 1. The van der Waals surface area contributed by atoms with Gasteiger partial charge in [0, 0.05) is 18.6 Å². The van der Waals surface area contributed by atoms with Gasteiger partial charge in [0.15, 0.2) is 0 Å². The molecule has 1 heterocycles. The van der Waals surface area contributed by atoms with E-state index in [2.05, 4.69) is 26.2 Å². The topological polar surface area (TPSA) is 45.2 Å². The highest BCUT2D eigenvalue weighted by molar-refractivity contribution is 9.10. The lowest BCUT2D eigenvalue weighted by Crippen LogP contribution is -2.27. The molecule has 0 bridgehead atoms. The summed E-state index contributed by atoms with van der Waals surface area (Å²) in [6.07, 6.45) is 2.06. The fourth-order valence-corrected chi connectivity index (χ4v) is 2.04. The Morgan fingerprint density at radius 1 is 1.25 bits per heavy atom. The fraction of sp³-hybridized carbons (Fsp3) is 0.200. The molecular formula is C15H16BrN3O. The fourth-order valence-electron chi connectivity index (χ4n) is 1.77. The summed E-state index contributed by atoms with van der Waals surface area (Å²) in [5, 5.41) is 2.95. The number of hydrogen-bond acceptors (Lipinski definition) is 3. The number of nitrogens with zero attached hydrogens (tertiary/aromatic N) is 2. The molecule has 20 heavy (non-hydrogen) atoms. The normalized spacial score (nSPS) is 10.2. The van der Waals surface area contributed by atoms with Crippen molar-refractivity contribution in [1.29, 1.82) is 0 Å². The predicted octanol–water partition coefficient (Wildman–Crippen LogP) is 3.09. The summed E-state index contributed by atoms with van der Waals surface area (Å²) in [6, 6.07) is 11.5. The Labute approximate surface area is 127 Å².